The lowest BCUT2D eigenvalue weighted by Gasteiger charge is -2.10. The van der Waals surface area contributed by atoms with Crippen LogP contribution in [-0.4, -0.2) is 4.98 Å². The Morgan fingerprint density at radius 3 is 2.37 bits per heavy atom. The quantitative estimate of drug-likeness (QED) is 0.791. The van der Waals surface area contributed by atoms with E-state index >= 15 is 0 Å². The molecule has 1 aromatic carbocycles. The summed E-state index contributed by atoms with van der Waals surface area (Å²) < 4.78 is 50.8. The predicted octanol–water partition coefficient (Wildman–Crippen LogP) is 3.51. The van der Waals surface area contributed by atoms with Crippen LogP contribution in [0.2, 0.25) is 0 Å². The van der Waals surface area contributed by atoms with E-state index in [0.717, 1.165) is 12.1 Å². The van der Waals surface area contributed by atoms with Gasteiger partial charge < -0.3 is 4.98 Å². The van der Waals surface area contributed by atoms with Crippen molar-refractivity contribution in [2.45, 2.75) is 13.1 Å². The molecule has 0 atom stereocenters. The van der Waals surface area contributed by atoms with Crippen molar-refractivity contribution in [1.82, 2.24) is 4.98 Å². The Morgan fingerprint density at radius 1 is 1.11 bits per heavy atom. The van der Waals surface area contributed by atoms with Crippen LogP contribution in [0.25, 0.3) is 11.3 Å². The number of benzene rings is 1. The van der Waals surface area contributed by atoms with Crippen molar-refractivity contribution in [2.75, 3.05) is 0 Å². The lowest BCUT2D eigenvalue weighted by Crippen LogP contribution is -2.14. The van der Waals surface area contributed by atoms with Crippen LogP contribution < -0.4 is 5.56 Å². The molecule has 19 heavy (non-hydrogen) atoms. The molecule has 0 saturated carbocycles. The molecule has 2 nitrogen and oxygen atoms in total. The Bertz CT molecular complexity index is 673. The molecule has 6 heteroatoms. The summed E-state index contributed by atoms with van der Waals surface area (Å²) in [4.78, 5) is 13.6. The molecule has 0 spiro atoms. The first-order valence-electron chi connectivity index (χ1n) is 5.35. The van der Waals surface area contributed by atoms with Crippen molar-refractivity contribution < 1.29 is 17.6 Å². The van der Waals surface area contributed by atoms with Crippen LogP contribution in [0.1, 0.15) is 11.1 Å². The summed E-state index contributed by atoms with van der Waals surface area (Å²) in [5.74, 6) is -0.490. The molecule has 1 heterocycles. The molecule has 0 saturated heterocycles. The molecule has 0 fully saturated rings. The van der Waals surface area contributed by atoms with Crippen molar-refractivity contribution in [3.05, 3.63) is 57.6 Å². The second kappa shape index (κ2) is 4.53. The van der Waals surface area contributed by atoms with Crippen molar-refractivity contribution >= 4 is 0 Å². The zero-order valence-electron chi connectivity index (χ0n) is 9.81. The predicted molar refractivity (Wildman–Crippen MR) is 62.2 cm³/mol. The second-order valence-corrected chi connectivity index (χ2v) is 4.10. The van der Waals surface area contributed by atoms with Gasteiger partial charge in [-0.05, 0) is 36.8 Å². The van der Waals surface area contributed by atoms with Crippen molar-refractivity contribution in [1.29, 1.82) is 0 Å². The van der Waals surface area contributed by atoms with Crippen LogP contribution in [0.5, 0.6) is 0 Å². The summed E-state index contributed by atoms with van der Waals surface area (Å²) in [7, 11) is 0. The minimum Gasteiger partial charge on any atom is -0.322 e. The Hall–Kier alpha value is -2.11. The SMILES string of the molecule is Cc1cc(F)ccc1-c1cc(C(F)(F)F)cc(=O)[nH]1. The van der Waals surface area contributed by atoms with Gasteiger partial charge in [0, 0.05) is 17.3 Å². The van der Waals surface area contributed by atoms with E-state index in [0.29, 0.717) is 17.2 Å². The van der Waals surface area contributed by atoms with Gasteiger partial charge in [0.15, 0.2) is 0 Å². The summed E-state index contributed by atoms with van der Waals surface area (Å²) in [5.41, 5.74) is -1.08. The number of pyridine rings is 1. The third kappa shape index (κ3) is 2.83. The van der Waals surface area contributed by atoms with E-state index in [1.54, 1.807) is 6.92 Å². The topological polar surface area (TPSA) is 32.9 Å². The summed E-state index contributed by atoms with van der Waals surface area (Å²) in [6, 6.07) is 4.97. The van der Waals surface area contributed by atoms with E-state index in [2.05, 4.69) is 4.98 Å². The van der Waals surface area contributed by atoms with Gasteiger partial charge in [-0.1, -0.05) is 0 Å². The number of aryl methyl sites for hydroxylation is 1. The van der Waals surface area contributed by atoms with Gasteiger partial charge in [-0.25, -0.2) is 4.39 Å². The van der Waals surface area contributed by atoms with Gasteiger partial charge >= 0.3 is 6.18 Å². The van der Waals surface area contributed by atoms with Crippen molar-refractivity contribution in [3.63, 3.8) is 0 Å². The minimum atomic E-state index is -4.60. The van der Waals surface area contributed by atoms with Crippen molar-refractivity contribution in [2.24, 2.45) is 0 Å². The standard InChI is InChI=1S/C13H9F4NO/c1-7-4-9(14)2-3-10(7)11-5-8(13(15,16)17)6-12(19)18-11/h2-6H,1H3,(H,18,19). The molecule has 100 valence electrons. The molecule has 0 aliphatic carbocycles. The molecule has 0 aliphatic heterocycles. The average molecular weight is 271 g/mol. The molecule has 0 amide bonds. The number of halogens is 4. The summed E-state index contributed by atoms with van der Waals surface area (Å²) in [5, 5.41) is 0. The molecule has 0 radical (unpaired) electrons. The van der Waals surface area contributed by atoms with E-state index < -0.39 is 23.1 Å². The van der Waals surface area contributed by atoms with Gasteiger partial charge in [-0.3, -0.25) is 4.79 Å². The Kier molecular flexibility index (Phi) is 3.18. The van der Waals surface area contributed by atoms with E-state index in [1.165, 1.54) is 12.1 Å². The maximum Gasteiger partial charge on any atom is 0.416 e. The number of alkyl halides is 3. The first-order valence-corrected chi connectivity index (χ1v) is 5.35. The smallest absolute Gasteiger partial charge is 0.322 e. The lowest BCUT2D eigenvalue weighted by atomic mass is 10.0. The lowest BCUT2D eigenvalue weighted by molar-refractivity contribution is -0.137. The van der Waals surface area contributed by atoms with E-state index in [9.17, 15) is 22.4 Å². The number of hydrogen-bond donors (Lipinski definition) is 1. The van der Waals surface area contributed by atoms with Crippen LogP contribution in [0.3, 0.4) is 0 Å². The third-order valence-electron chi connectivity index (χ3n) is 2.65. The number of aromatic amines is 1. The Labute approximate surface area is 105 Å². The largest absolute Gasteiger partial charge is 0.416 e. The highest BCUT2D eigenvalue weighted by atomic mass is 19.4. The molecule has 2 aromatic rings. The summed E-state index contributed by atoms with van der Waals surface area (Å²) >= 11 is 0. The van der Waals surface area contributed by atoms with Crippen LogP contribution in [0.4, 0.5) is 17.6 Å². The zero-order valence-corrected chi connectivity index (χ0v) is 9.81. The van der Waals surface area contributed by atoms with Gasteiger partial charge in [0.1, 0.15) is 5.82 Å². The average Bonchev–Trinajstić information content (AvgIpc) is 2.26. The van der Waals surface area contributed by atoms with Crippen LogP contribution in [-0.2, 0) is 6.18 Å². The normalized spacial score (nSPS) is 11.6. The molecular formula is C13H9F4NO. The number of hydrogen-bond acceptors (Lipinski definition) is 1. The molecule has 0 unspecified atom stereocenters. The third-order valence-corrected chi connectivity index (χ3v) is 2.65. The highest BCUT2D eigenvalue weighted by Gasteiger charge is 2.31. The first kappa shape index (κ1) is 13.3. The summed E-state index contributed by atoms with van der Waals surface area (Å²) in [6.45, 7) is 1.55. The van der Waals surface area contributed by atoms with Crippen LogP contribution in [0.15, 0.2) is 35.1 Å². The summed E-state index contributed by atoms with van der Waals surface area (Å²) in [6.07, 6.45) is -4.60. The van der Waals surface area contributed by atoms with Gasteiger partial charge in [-0.2, -0.15) is 13.2 Å². The molecule has 2 rings (SSSR count). The zero-order chi connectivity index (χ0) is 14.2. The van der Waals surface area contributed by atoms with Crippen LogP contribution in [0, 0.1) is 12.7 Å². The van der Waals surface area contributed by atoms with E-state index in [4.69, 9.17) is 0 Å². The Balaban J connectivity index is 2.63. The fraction of sp³-hybridized carbons (Fsp3) is 0.154. The molecular weight excluding hydrogens is 262 g/mol. The minimum absolute atomic E-state index is 0.0114. The maximum absolute atomic E-state index is 13.0. The number of aromatic nitrogens is 1. The maximum atomic E-state index is 13.0. The van der Waals surface area contributed by atoms with Crippen molar-refractivity contribution in [3.8, 4) is 11.3 Å². The van der Waals surface area contributed by atoms with Gasteiger partial charge in [0.25, 0.3) is 0 Å². The van der Waals surface area contributed by atoms with Gasteiger partial charge in [0.05, 0.1) is 5.56 Å². The molecule has 0 aliphatic rings. The molecule has 1 aromatic heterocycles. The highest BCUT2D eigenvalue weighted by Crippen LogP contribution is 2.31. The van der Waals surface area contributed by atoms with E-state index in [1.807, 2.05) is 0 Å². The molecule has 1 N–H and O–H groups in total. The fourth-order valence-corrected chi connectivity index (χ4v) is 1.78. The second-order valence-electron chi connectivity index (χ2n) is 4.10. The number of rotatable bonds is 1. The first-order chi connectivity index (χ1) is 8.77. The van der Waals surface area contributed by atoms with Gasteiger partial charge in [0.2, 0.25) is 5.56 Å². The fourth-order valence-electron chi connectivity index (χ4n) is 1.78. The Morgan fingerprint density at radius 2 is 1.79 bits per heavy atom. The number of H-pyrrole nitrogens is 1. The highest BCUT2D eigenvalue weighted by molar-refractivity contribution is 5.63. The monoisotopic (exact) mass is 271 g/mol. The van der Waals surface area contributed by atoms with Crippen LogP contribution >= 0.6 is 0 Å². The number of nitrogens with one attached hydrogen (secondary N) is 1. The van der Waals surface area contributed by atoms with Gasteiger partial charge in [-0.15, -0.1) is 0 Å². The van der Waals surface area contributed by atoms with E-state index in [-0.39, 0.29) is 5.69 Å². The molecule has 0 bridgehead atoms.